The number of carboxylic acid groups (broad SMARTS) is 2. The van der Waals surface area contributed by atoms with Gasteiger partial charge in [0.15, 0.2) is 16.5 Å². The number of esters is 6. The zero-order chi connectivity index (χ0) is 45.6. The molecular weight excluding hydrogens is 816 g/mol. The second-order valence-corrected chi connectivity index (χ2v) is 16.6. The number of carboxylic acids is 2. The fraction of sp³-hybridized carbons (Fsp3) is 0.800. The molecule has 0 heterocycles. The van der Waals surface area contributed by atoms with Crippen molar-refractivity contribution < 1.29 is 90.7 Å². The van der Waals surface area contributed by atoms with Gasteiger partial charge in [0, 0.05) is 0 Å². The van der Waals surface area contributed by atoms with Gasteiger partial charge in [0.05, 0.1) is 45.3 Å². The van der Waals surface area contributed by atoms with Gasteiger partial charge in [0.1, 0.15) is 0 Å². The van der Waals surface area contributed by atoms with E-state index in [0.29, 0.717) is 12.8 Å². The van der Waals surface area contributed by atoms with Gasteiger partial charge in [-0.1, -0.05) is 129 Å². The van der Waals surface area contributed by atoms with E-state index >= 15 is 0 Å². The summed E-state index contributed by atoms with van der Waals surface area (Å²) in [7, 11) is -5.63. The van der Waals surface area contributed by atoms with Gasteiger partial charge in [-0.2, -0.15) is 8.42 Å². The number of rotatable bonds is 36. The van der Waals surface area contributed by atoms with Gasteiger partial charge in [-0.15, -0.1) is 0 Å². The number of ether oxygens (including phenoxy) is 4. The third kappa shape index (κ3) is 26.3. The molecule has 0 aliphatic rings. The summed E-state index contributed by atoms with van der Waals surface area (Å²) in [5, 5.41) is 36.9. The molecule has 346 valence electrons. The van der Waals surface area contributed by atoms with Gasteiger partial charge >= 0.3 is 47.8 Å². The van der Waals surface area contributed by atoms with Crippen molar-refractivity contribution in [3.63, 3.8) is 0 Å². The van der Waals surface area contributed by atoms with E-state index in [1.165, 1.54) is 38.5 Å². The van der Waals surface area contributed by atoms with E-state index in [-0.39, 0.29) is 13.2 Å². The van der Waals surface area contributed by atoms with Crippen LogP contribution in [0, 0.1) is 0 Å². The first-order chi connectivity index (χ1) is 28.2. The number of hydrogen-bond donors (Lipinski definition) is 5. The zero-order valence-electron chi connectivity index (χ0n) is 35.0. The van der Waals surface area contributed by atoms with Gasteiger partial charge in [0.2, 0.25) is 0 Å². The van der Waals surface area contributed by atoms with Crippen LogP contribution < -0.4 is 0 Å². The maximum Gasteiger partial charge on any atom is 0.336 e. The lowest BCUT2D eigenvalue weighted by Gasteiger charge is -2.22. The molecule has 3 unspecified atom stereocenters. The van der Waals surface area contributed by atoms with E-state index in [0.717, 1.165) is 77.0 Å². The quantitative estimate of drug-likeness (QED) is 0.0184. The Labute approximate surface area is 352 Å². The molecule has 0 radical (unpaired) electrons. The zero-order valence-corrected chi connectivity index (χ0v) is 35.8. The van der Waals surface area contributed by atoms with Crippen LogP contribution in [0.25, 0.3) is 0 Å². The normalized spacial score (nSPS) is 13.9. The number of hydrogen-bond acceptors (Lipinski definition) is 16. The molecular formula is C40H66O19S. The standard InChI is InChI=1S/C40H66O19S/c1-3-5-7-9-11-13-15-17-19-21-23-56-32(42)26-39(51,37(47)48)28-34(44)58-31(41)25-30(60(53,54)55)36(46)59-35(45)29-40(52,38(49)50)27-33(43)57-24-22-20-18-16-14-12-10-8-6-4-2/h30,51-52H,3-29H2,1-2H3,(H,47,48)(H,49,50)(H,53,54,55). The Morgan fingerprint density at radius 2 is 0.767 bits per heavy atom. The highest BCUT2D eigenvalue weighted by Crippen LogP contribution is 2.22. The second-order valence-electron chi connectivity index (χ2n) is 15.0. The molecule has 19 nitrogen and oxygen atoms in total. The Morgan fingerprint density at radius 3 is 1.08 bits per heavy atom. The fourth-order valence-corrected chi connectivity index (χ4v) is 6.55. The summed E-state index contributed by atoms with van der Waals surface area (Å²) in [6.07, 6.45) is 12.6. The first-order valence-corrected chi connectivity index (χ1v) is 22.4. The minimum atomic E-state index is -5.63. The lowest BCUT2D eigenvalue weighted by Crippen LogP contribution is -2.45. The van der Waals surface area contributed by atoms with Crippen LogP contribution in [0.1, 0.15) is 174 Å². The van der Waals surface area contributed by atoms with Crippen molar-refractivity contribution >= 4 is 57.9 Å². The van der Waals surface area contributed by atoms with E-state index in [1.807, 2.05) is 0 Å². The minimum Gasteiger partial charge on any atom is -0.479 e. The van der Waals surface area contributed by atoms with E-state index in [1.54, 1.807) is 0 Å². The molecule has 0 aromatic rings. The molecule has 0 fully saturated rings. The van der Waals surface area contributed by atoms with E-state index in [4.69, 9.17) is 9.47 Å². The molecule has 0 aromatic heterocycles. The second kappa shape index (κ2) is 30.9. The molecule has 0 rings (SSSR count). The van der Waals surface area contributed by atoms with Crippen LogP contribution in [0.15, 0.2) is 0 Å². The molecule has 0 amide bonds. The van der Waals surface area contributed by atoms with Crippen molar-refractivity contribution in [2.45, 2.75) is 191 Å². The number of carbonyl (C=O) groups is 8. The van der Waals surface area contributed by atoms with Crippen molar-refractivity contribution in [3.8, 4) is 0 Å². The molecule has 0 aliphatic heterocycles. The summed E-state index contributed by atoms with van der Waals surface area (Å²) in [6, 6.07) is 0. The molecule has 0 saturated heterocycles. The summed E-state index contributed by atoms with van der Waals surface area (Å²) in [4.78, 5) is 97.6. The summed E-state index contributed by atoms with van der Waals surface area (Å²) in [5.41, 5.74) is -6.33. The highest BCUT2D eigenvalue weighted by atomic mass is 32.2. The third-order valence-electron chi connectivity index (χ3n) is 9.48. The SMILES string of the molecule is CCCCCCCCCCCCOC(=O)CC(O)(CC(=O)OC(=O)CC(C(=O)OC(=O)CC(O)(CC(=O)OCCCCCCCCCCCC)C(=O)O)S(=O)(=O)O)C(=O)O. The summed E-state index contributed by atoms with van der Waals surface area (Å²) < 4.78 is 51.7. The first kappa shape index (κ1) is 56.0. The Kier molecular flexibility index (Phi) is 28.9. The fourth-order valence-electron chi connectivity index (χ4n) is 5.92. The molecule has 60 heavy (non-hydrogen) atoms. The van der Waals surface area contributed by atoms with Crippen LogP contribution in [-0.4, -0.2) is 111 Å². The third-order valence-corrected chi connectivity index (χ3v) is 10.6. The van der Waals surface area contributed by atoms with Crippen LogP contribution in [0.5, 0.6) is 0 Å². The summed E-state index contributed by atoms with van der Waals surface area (Å²) in [6.45, 7) is 4.08. The van der Waals surface area contributed by atoms with Crippen molar-refractivity contribution in [1.82, 2.24) is 0 Å². The van der Waals surface area contributed by atoms with E-state index < -0.39 is 106 Å². The van der Waals surface area contributed by atoms with Crippen molar-refractivity contribution in [2.75, 3.05) is 13.2 Å². The highest BCUT2D eigenvalue weighted by molar-refractivity contribution is 7.87. The first-order valence-electron chi connectivity index (χ1n) is 20.9. The van der Waals surface area contributed by atoms with Crippen LogP contribution in [-0.2, 0) is 67.4 Å². The molecule has 0 spiro atoms. The van der Waals surface area contributed by atoms with Crippen LogP contribution in [0.4, 0.5) is 0 Å². The van der Waals surface area contributed by atoms with Crippen molar-refractivity contribution in [3.05, 3.63) is 0 Å². The van der Waals surface area contributed by atoms with Crippen molar-refractivity contribution in [1.29, 1.82) is 0 Å². The van der Waals surface area contributed by atoms with Crippen LogP contribution in [0.3, 0.4) is 0 Å². The van der Waals surface area contributed by atoms with E-state index in [9.17, 15) is 71.8 Å². The molecule has 5 N–H and O–H groups in total. The Hall–Kier alpha value is -4.01. The van der Waals surface area contributed by atoms with Gasteiger partial charge < -0.3 is 39.4 Å². The van der Waals surface area contributed by atoms with Gasteiger partial charge in [-0.3, -0.25) is 33.3 Å². The summed E-state index contributed by atoms with van der Waals surface area (Å²) >= 11 is 0. The molecule has 0 aliphatic carbocycles. The molecule has 0 saturated carbocycles. The average molecular weight is 883 g/mol. The predicted molar refractivity (Wildman–Crippen MR) is 211 cm³/mol. The smallest absolute Gasteiger partial charge is 0.336 e. The molecule has 3 atom stereocenters. The van der Waals surface area contributed by atoms with Crippen LogP contribution in [0.2, 0.25) is 0 Å². The molecule has 0 bridgehead atoms. The molecule has 0 aromatic carbocycles. The lowest BCUT2D eigenvalue weighted by molar-refractivity contribution is -0.177. The maximum absolute atomic E-state index is 12.5. The minimum absolute atomic E-state index is 0.0921. The average Bonchev–Trinajstić information content (AvgIpc) is 3.14. The van der Waals surface area contributed by atoms with Gasteiger partial charge in [-0.25, -0.2) is 9.59 Å². The lowest BCUT2D eigenvalue weighted by atomic mass is 9.96. The maximum atomic E-state index is 12.5. The Bertz CT molecular complexity index is 1480. The van der Waals surface area contributed by atoms with Gasteiger partial charge in [0.25, 0.3) is 10.1 Å². The van der Waals surface area contributed by atoms with Crippen molar-refractivity contribution in [2.24, 2.45) is 0 Å². The Morgan fingerprint density at radius 1 is 0.467 bits per heavy atom. The largest absolute Gasteiger partial charge is 0.479 e. The van der Waals surface area contributed by atoms with Crippen LogP contribution >= 0.6 is 0 Å². The summed E-state index contributed by atoms with van der Waals surface area (Å²) in [5.74, 6) is -14.4. The van der Waals surface area contributed by atoms with E-state index in [2.05, 4.69) is 23.3 Å². The number of unbranched alkanes of at least 4 members (excludes halogenated alkanes) is 18. The monoisotopic (exact) mass is 882 g/mol. The topological polar surface area (TPSA) is 309 Å². The number of aliphatic hydroxyl groups is 2. The highest BCUT2D eigenvalue weighted by Gasteiger charge is 2.45. The Balaban J connectivity index is 5.00. The molecule has 20 heteroatoms. The predicted octanol–water partition coefficient (Wildman–Crippen LogP) is 4.89. The number of aliphatic carboxylic acids is 2. The van der Waals surface area contributed by atoms with Gasteiger partial charge in [-0.05, 0) is 12.8 Å². The number of carbonyl (C=O) groups excluding carboxylic acids is 6.